The lowest BCUT2D eigenvalue weighted by molar-refractivity contribution is 0.226. The van der Waals surface area contributed by atoms with Crippen LogP contribution in [0.4, 0.5) is 4.39 Å². The first-order valence-electron chi connectivity index (χ1n) is 7.05. The molecule has 0 amide bonds. The zero-order valence-corrected chi connectivity index (χ0v) is 11.8. The Morgan fingerprint density at radius 3 is 2.89 bits per heavy atom. The summed E-state index contributed by atoms with van der Waals surface area (Å²) in [5, 5.41) is 0. The number of benzene rings is 1. The zero-order chi connectivity index (χ0) is 13.8. The van der Waals surface area contributed by atoms with Gasteiger partial charge in [0, 0.05) is 12.3 Å². The number of fused-ring (bicyclic) bond motifs is 1. The van der Waals surface area contributed by atoms with Crippen molar-refractivity contribution in [3.8, 4) is 12.3 Å². The van der Waals surface area contributed by atoms with E-state index in [2.05, 4.69) is 17.7 Å². The van der Waals surface area contributed by atoms with Crippen LogP contribution in [0.1, 0.15) is 36.8 Å². The first kappa shape index (κ1) is 14.1. The summed E-state index contributed by atoms with van der Waals surface area (Å²) in [4.78, 5) is 2.16. The van der Waals surface area contributed by atoms with Crippen LogP contribution in [-0.2, 0) is 6.42 Å². The molecule has 0 N–H and O–H groups in total. The molecular formula is C17H22FN. The van der Waals surface area contributed by atoms with Crippen molar-refractivity contribution in [3.63, 3.8) is 0 Å². The highest BCUT2D eigenvalue weighted by atomic mass is 19.1. The normalized spacial score (nSPS) is 23.1. The van der Waals surface area contributed by atoms with Gasteiger partial charge in [-0.05, 0) is 37.6 Å². The van der Waals surface area contributed by atoms with Crippen molar-refractivity contribution in [1.82, 2.24) is 4.90 Å². The Morgan fingerprint density at radius 1 is 1.47 bits per heavy atom. The molecule has 0 aromatic heterocycles. The van der Waals surface area contributed by atoms with Crippen molar-refractivity contribution in [3.05, 3.63) is 35.4 Å². The van der Waals surface area contributed by atoms with Gasteiger partial charge in [0.15, 0.2) is 0 Å². The predicted octanol–water partition coefficient (Wildman–Crippen LogP) is 3.40. The van der Waals surface area contributed by atoms with Crippen molar-refractivity contribution in [2.24, 2.45) is 0 Å². The van der Waals surface area contributed by atoms with Crippen LogP contribution in [-0.4, -0.2) is 30.7 Å². The maximum atomic E-state index is 14.2. The van der Waals surface area contributed by atoms with Gasteiger partial charge in [-0.1, -0.05) is 37.1 Å². The molecule has 102 valence electrons. The Labute approximate surface area is 115 Å². The summed E-state index contributed by atoms with van der Waals surface area (Å²) in [5.41, 5.74) is 2.30. The molecule has 0 saturated heterocycles. The first-order chi connectivity index (χ1) is 9.17. The van der Waals surface area contributed by atoms with Gasteiger partial charge in [-0.2, -0.15) is 0 Å². The van der Waals surface area contributed by atoms with Gasteiger partial charge in [-0.3, -0.25) is 4.90 Å². The minimum atomic E-state index is -0.789. The van der Waals surface area contributed by atoms with Crippen LogP contribution in [0.25, 0.3) is 0 Å². The summed E-state index contributed by atoms with van der Waals surface area (Å²) in [7, 11) is 2.03. The maximum absolute atomic E-state index is 14.2. The maximum Gasteiger partial charge on any atom is 0.111 e. The van der Waals surface area contributed by atoms with E-state index in [0.29, 0.717) is 12.8 Å². The molecule has 3 unspecified atom stereocenters. The number of alkyl halides is 1. The van der Waals surface area contributed by atoms with E-state index in [-0.39, 0.29) is 12.0 Å². The van der Waals surface area contributed by atoms with Gasteiger partial charge >= 0.3 is 0 Å². The van der Waals surface area contributed by atoms with Crippen molar-refractivity contribution >= 4 is 0 Å². The molecule has 19 heavy (non-hydrogen) atoms. The molecule has 0 aliphatic heterocycles. The predicted molar refractivity (Wildman–Crippen MR) is 77.9 cm³/mol. The largest absolute Gasteiger partial charge is 0.293 e. The van der Waals surface area contributed by atoms with Crippen LogP contribution >= 0.6 is 0 Å². The highest BCUT2D eigenvalue weighted by Crippen LogP contribution is 2.38. The molecule has 1 aromatic rings. The van der Waals surface area contributed by atoms with Gasteiger partial charge in [0.1, 0.15) is 6.17 Å². The van der Waals surface area contributed by atoms with Gasteiger partial charge in [-0.25, -0.2) is 4.39 Å². The number of rotatable bonds is 5. The standard InChI is InChI=1S/C17H22FN/c1-4-10-19(3)14(5-2)12-16-15-9-7-6-8-13(15)11-17(16)18/h2,6-9,14,16-17H,4,10-12H2,1,3H3. The summed E-state index contributed by atoms with van der Waals surface area (Å²) in [6.07, 6.45) is 7.16. The van der Waals surface area contributed by atoms with Crippen LogP contribution in [0.3, 0.4) is 0 Å². The van der Waals surface area contributed by atoms with Gasteiger partial charge < -0.3 is 0 Å². The summed E-state index contributed by atoms with van der Waals surface area (Å²) >= 11 is 0. The number of hydrogen-bond acceptors (Lipinski definition) is 1. The fourth-order valence-electron chi connectivity index (χ4n) is 3.03. The van der Waals surface area contributed by atoms with Crippen LogP contribution < -0.4 is 0 Å². The average Bonchev–Trinajstić information content (AvgIpc) is 2.72. The number of halogens is 1. The second kappa shape index (κ2) is 6.21. The Bertz CT molecular complexity index is 463. The minimum absolute atomic E-state index is 0.0226. The smallest absolute Gasteiger partial charge is 0.111 e. The monoisotopic (exact) mass is 259 g/mol. The SMILES string of the molecule is C#CC(CC1c2ccccc2CC1F)N(C)CCC. The van der Waals surface area contributed by atoms with Gasteiger partial charge in [-0.15, -0.1) is 6.42 Å². The second-order valence-corrected chi connectivity index (χ2v) is 5.42. The molecule has 0 bridgehead atoms. The van der Waals surface area contributed by atoms with E-state index in [1.54, 1.807) is 0 Å². The van der Waals surface area contributed by atoms with Crippen molar-refractivity contribution in [2.75, 3.05) is 13.6 Å². The van der Waals surface area contributed by atoms with E-state index in [1.165, 1.54) is 0 Å². The summed E-state index contributed by atoms with van der Waals surface area (Å²) in [6, 6.07) is 8.07. The number of terminal acetylenes is 1. The third-order valence-electron chi connectivity index (χ3n) is 4.08. The highest BCUT2D eigenvalue weighted by molar-refractivity contribution is 5.37. The van der Waals surface area contributed by atoms with E-state index >= 15 is 0 Å². The molecule has 0 heterocycles. The lowest BCUT2D eigenvalue weighted by Gasteiger charge is -2.26. The summed E-state index contributed by atoms with van der Waals surface area (Å²) < 4.78 is 14.2. The fourth-order valence-corrected chi connectivity index (χ4v) is 3.03. The third kappa shape index (κ3) is 2.98. The molecular weight excluding hydrogens is 237 g/mol. The Hall–Kier alpha value is -1.33. The third-order valence-corrected chi connectivity index (χ3v) is 4.08. The minimum Gasteiger partial charge on any atom is -0.293 e. The molecule has 1 aromatic carbocycles. The van der Waals surface area contributed by atoms with E-state index in [1.807, 2.05) is 31.3 Å². The van der Waals surface area contributed by atoms with E-state index in [9.17, 15) is 4.39 Å². The molecule has 0 spiro atoms. The van der Waals surface area contributed by atoms with Crippen molar-refractivity contribution in [1.29, 1.82) is 0 Å². The average molecular weight is 259 g/mol. The van der Waals surface area contributed by atoms with Gasteiger partial charge in [0.2, 0.25) is 0 Å². The second-order valence-electron chi connectivity index (χ2n) is 5.42. The van der Waals surface area contributed by atoms with Crippen LogP contribution in [0.15, 0.2) is 24.3 Å². The molecule has 1 aliphatic carbocycles. The van der Waals surface area contributed by atoms with Crippen LogP contribution in [0, 0.1) is 12.3 Å². The lowest BCUT2D eigenvalue weighted by Crippen LogP contribution is -2.33. The Balaban J connectivity index is 2.12. The van der Waals surface area contributed by atoms with Crippen molar-refractivity contribution < 1.29 is 4.39 Å². The van der Waals surface area contributed by atoms with Gasteiger partial charge in [0.05, 0.1) is 6.04 Å². The Kier molecular flexibility index (Phi) is 4.61. The zero-order valence-electron chi connectivity index (χ0n) is 11.8. The highest BCUT2D eigenvalue weighted by Gasteiger charge is 2.34. The molecule has 0 saturated carbocycles. The topological polar surface area (TPSA) is 3.24 Å². The number of hydrogen-bond donors (Lipinski definition) is 0. The molecule has 2 heteroatoms. The first-order valence-corrected chi connectivity index (χ1v) is 7.05. The molecule has 0 radical (unpaired) electrons. The van der Waals surface area contributed by atoms with Crippen molar-refractivity contribution in [2.45, 2.75) is 44.3 Å². The van der Waals surface area contributed by atoms with E-state index < -0.39 is 6.17 Å². The fraction of sp³-hybridized carbons (Fsp3) is 0.529. The lowest BCUT2D eigenvalue weighted by atomic mass is 9.92. The number of nitrogens with zero attached hydrogens (tertiary/aromatic N) is 1. The molecule has 0 fully saturated rings. The summed E-state index contributed by atoms with van der Waals surface area (Å²) in [6.45, 7) is 3.09. The molecule has 2 rings (SSSR count). The quantitative estimate of drug-likeness (QED) is 0.733. The molecule has 1 nitrogen and oxygen atoms in total. The van der Waals surface area contributed by atoms with Gasteiger partial charge in [0.25, 0.3) is 0 Å². The van der Waals surface area contributed by atoms with E-state index in [4.69, 9.17) is 6.42 Å². The molecule has 1 aliphatic rings. The molecule has 3 atom stereocenters. The van der Waals surface area contributed by atoms with Crippen LogP contribution in [0.2, 0.25) is 0 Å². The Morgan fingerprint density at radius 2 is 2.21 bits per heavy atom. The van der Waals surface area contributed by atoms with Crippen LogP contribution in [0.5, 0.6) is 0 Å². The van der Waals surface area contributed by atoms with E-state index in [0.717, 1.165) is 24.1 Å². The summed E-state index contributed by atoms with van der Waals surface area (Å²) in [5.74, 6) is 2.78.